The fourth-order valence-corrected chi connectivity index (χ4v) is 2.27. The molecule has 2 N–H and O–H groups in total. The van der Waals surface area contributed by atoms with Crippen LogP contribution >= 0.6 is 0 Å². The summed E-state index contributed by atoms with van der Waals surface area (Å²) in [7, 11) is 0. The molecule has 0 saturated carbocycles. The Labute approximate surface area is 122 Å². The second kappa shape index (κ2) is 5.71. The average molecular weight is 280 g/mol. The molecule has 0 aliphatic carbocycles. The topological polar surface area (TPSA) is 57.2 Å². The largest absolute Gasteiger partial charge is 0.490 e. The number of benzene rings is 2. The molecule has 1 heterocycles. The van der Waals surface area contributed by atoms with Gasteiger partial charge in [-0.2, -0.15) is 0 Å². The molecule has 21 heavy (non-hydrogen) atoms. The summed E-state index contributed by atoms with van der Waals surface area (Å²) in [5.41, 5.74) is 6.41. The lowest BCUT2D eigenvalue weighted by Crippen LogP contribution is -2.22. The highest BCUT2D eigenvalue weighted by Crippen LogP contribution is 2.19. The van der Waals surface area contributed by atoms with E-state index in [9.17, 15) is 4.79 Å². The van der Waals surface area contributed by atoms with Crippen molar-refractivity contribution >= 4 is 16.5 Å². The summed E-state index contributed by atoms with van der Waals surface area (Å²) in [4.78, 5) is 12.3. The zero-order valence-electron chi connectivity index (χ0n) is 11.5. The Morgan fingerprint density at radius 1 is 1.00 bits per heavy atom. The molecule has 0 radical (unpaired) electrons. The second-order valence-corrected chi connectivity index (χ2v) is 4.79. The van der Waals surface area contributed by atoms with E-state index in [4.69, 9.17) is 10.5 Å². The number of hydrogen-bond donors (Lipinski definition) is 1. The van der Waals surface area contributed by atoms with E-state index in [1.54, 1.807) is 16.8 Å². The molecular weight excluding hydrogens is 264 g/mol. The third-order valence-corrected chi connectivity index (χ3v) is 3.39. The van der Waals surface area contributed by atoms with Crippen molar-refractivity contribution < 1.29 is 4.74 Å². The molecule has 0 fully saturated rings. The van der Waals surface area contributed by atoms with Gasteiger partial charge in [-0.1, -0.05) is 30.3 Å². The summed E-state index contributed by atoms with van der Waals surface area (Å²) in [6, 6.07) is 16.8. The lowest BCUT2D eigenvalue weighted by atomic mass is 10.2. The quantitative estimate of drug-likeness (QED) is 0.747. The third-order valence-electron chi connectivity index (χ3n) is 3.39. The minimum absolute atomic E-state index is 0.00210. The molecule has 106 valence electrons. The molecule has 3 aromatic rings. The summed E-state index contributed by atoms with van der Waals surface area (Å²) >= 11 is 0. The molecule has 0 unspecified atom stereocenters. The fraction of sp³-hybridized carbons (Fsp3) is 0.118. The van der Waals surface area contributed by atoms with Gasteiger partial charge in [-0.25, -0.2) is 0 Å². The second-order valence-electron chi connectivity index (χ2n) is 4.79. The number of anilines is 1. The number of rotatable bonds is 4. The molecule has 0 atom stereocenters. The van der Waals surface area contributed by atoms with Crippen LogP contribution in [0.15, 0.2) is 65.6 Å². The predicted molar refractivity (Wildman–Crippen MR) is 84.6 cm³/mol. The van der Waals surface area contributed by atoms with E-state index in [0.29, 0.717) is 24.6 Å². The van der Waals surface area contributed by atoms with Crippen LogP contribution in [-0.2, 0) is 6.54 Å². The molecule has 0 bridgehead atoms. The van der Waals surface area contributed by atoms with Crippen molar-refractivity contribution in [2.75, 3.05) is 12.3 Å². The standard InChI is InChI=1S/C17H16N2O2/c18-15-7-3-4-8-16(15)21-12-11-19-10-9-13-5-1-2-6-14(13)17(19)20/h1-10H,11-12,18H2. The number of nitrogen functional groups attached to an aromatic ring is 1. The van der Waals surface area contributed by atoms with E-state index in [-0.39, 0.29) is 5.56 Å². The number of hydrogen-bond acceptors (Lipinski definition) is 3. The highest BCUT2D eigenvalue weighted by Gasteiger charge is 2.03. The highest BCUT2D eigenvalue weighted by atomic mass is 16.5. The molecule has 0 amide bonds. The zero-order chi connectivity index (χ0) is 14.7. The molecule has 3 rings (SSSR count). The Balaban J connectivity index is 1.76. The van der Waals surface area contributed by atoms with Gasteiger partial charge in [0.15, 0.2) is 0 Å². The molecule has 2 aromatic carbocycles. The van der Waals surface area contributed by atoms with Crippen molar-refractivity contribution in [2.45, 2.75) is 6.54 Å². The molecule has 1 aromatic heterocycles. The molecule has 0 aliphatic rings. The predicted octanol–water partition coefficient (Wildman–Crippen LogP) is 2.66. The van der Waals surface area contributed by atoms with E-state index in [1.807, 2.05) is 48.5 Å². The van der Waals surface area contributed by atoms with Gasteiger partial charge >= 0.3 is 0 Å². The Kier molecular flexibility index (Phi) is 3.60. The van der Waals surface area contributed by atoms with Crippen LogP contribution in [-0.4, -0.2) is 11.2 Å². The summed E-state index contributed by atoms with van der Waals surface area (Å²) in [6.45, 7) is 0.879. The molecule has 0 saturated heterocycles. The van der Waals surface area contributed by atoms with Crippen molar-refractivity contribution in [3.8, 4) is 5.75 Å². The van der Waals surface area contributed by atoms with Crippen molar-refractivity contribution in [1.82, 2.24) is 4.57 Å². The maximum Gasteiger partial charge on any atom is 0.258 e. The molecular formula is C17H16N2O2. The first-order chi connectivity index (χ1) is 10.3. The summed E-state index contributed by atoms with van der Waals surface area (Å²) in [5, 5.41) is 1.67. The van der Waals surface area contributed by atoms with Crippen LogP contribution in [0.4, 0.5) is 5.69 Å². The van der Waals surface area contributed by atoms with E-state index in [1.165, 1.54) is 0 Å². The van der Waals surface area contributed by atoms with Crippen molar-refractivity contribution in [2.24, 2.45) is 0 Å². The van der Waals surface area contributed by atoms with Gasteiger partial charge in [-0.15, -0.1) is 0 Å². The average Bonchev–Trinajstić information content (AvgIpc) is 2.52. The zero-order valence-corrected chi connectivity index (χ0v) is 11.5. The number of aromatic nitrogens is 1. The van der Waals surface area contributed by atoms with Crippen LogP contribution in [0.2, 0.25) is 0 Å². The number of ether oxygens (including phenoxy) is 1. The Hall–Kier alpha value is -2.75. The normalized spacial score (nSPS) is 10.7. The van der Waals surface area contributed by atoms with E-state index in [0.717, 1.165) is 10.8 Å². The Bertz CT molecular complexity index is 824. The molecule has 0 spiro atoms. The first kappa shape index (κ1) is 13.2. The maximum atomic E-state index is 12.3. The SMILES string of the molecule is Nc1ccccc1OCCn1ccc2ccccc2c1=O. The van der Waals surface area contributed by atoms with Crippen LogP contribution in [0, 0.1) is 0 Å². The maximum absolute atomic E-state index is 12.3. The lowest BCUT2D eigenvalue weighted by molar-refractivity contribution is 0.298. The van der Waals surface area contributed by atoms with Crippen LogP contribution in [0.25, 0.3) is 10.8 Å². The van der Waals surface area contributed by atoms with Gasteiger partial charge < -0.3 is 15.0 Å². The number of pyridine rings is 1. The van der Waals surface area contributed by atoms with Crippen molar-refractivity contribution in [3.63, 3.8) is 0 Å². The first-order valence-electron chi connectivity index (χ1n) is 6.81. The number of nitrogens with zero attached hydrogens (tertiary/aromatic N) is 1. The van der Waals surface area contributed by atoms with Crippen LogP contribution in [0.1, 0.15) is 0 Å². The summed E-state index contributed by atoms with van der Waals surface area (Å²) < 4.78 is 7.28. The van der Waals surface area contributed by atoms with E-state index in [2.05, 4.69) is 0 Å². The van der Waals surface area contributed by atoms with Gasteiger partial charge in [0.1, 0.15) is 12.4 Å². The van der Waals surface area contributed by atoms with Crippen molar-refractivity contribution in [1.29, 1.82) is 0 Å². The number of fused-ring (bicyclic) bond motifs is 1. The van der Waals surface area contributed by atoms with Crippen LogP contribution in [0.3, 0.4) is 0 Å². The van der Waals surface area contributed by atoms with Crippen LogP contribution in [0.5, 0.6) is 5.75 Å². The Morgan fingerprint density at radius 3 is 2.62 bits per heavy atom. The van der Waals surface area contributed by atoms with Crippen LogP contribution < -0.4 is 16.0 Å². The van der Waals surface area contributed by atoms with Crippen molar-refractivity contribution in [3.05, 3.63) is 71.1 Å². The minimum atomic E-state index is -0.00210. The van der Waals surface area contributed by atoms with E-state index >= 15 is 0 Å². The molecule has 4 heteroatoms. The molecule has 0 aliphatic heterocycles. The van der Waals surface area contributed by atoms with Gasteiger partial charge in [0.05, 0.1) is 12.2 Å². The number of para-hydroxylation sites is 2. The summed E-state index contributed by atoms with van der Waals surface area (Å²) in [6.07, 6.45) is 1.79. The fourth-order valence-electron chi connectivity index (χ4n) is 2.27. The Morgan fingerprint density at radius 2 is 1.76 bits per heavy atom. The highest BCUT2D eigenvalue weighted by molar-refractivity contribution is 5.81. The third kappa shape index (κ3) is 2.74. The van der Waals surface area contributed by atoms with Gasteiger partial charge in [-0.05, 0) is 29.7 Å². The van der Waals surface area contributed by atoms with Gasteiger partial charge in [0.2, 0.25) is 0 Å². The monoisotopic (exact) mass is 280 g/mol. The first-order valence-corrected chi connectivity index (χ1v) is 6.81. The lowest BCUT2D eigenvalue weighted by Gasteiger charge is -2.10. The van der Waals surface area contributed by atoms with Gasteiger partial charge in [-0.3, -0.25) is 4.79 Å². The minimum Gasteiger partial charge on any atom is -0.490 e. The smallest absolute Gasteiger partial charge is 0.258 e. The number of nitrogens with two attached hydrogens (primary N) is 1. The van der Waals surface area contributed by atoms with Gasteiger partial charge in [0, 0.05) is 11.6 Å². The molecule has 4 nitrogen and oxygen atoms in total. The van der Waals surface area contributed by atoms with Gasteiger partial charge in [0.25, 0.3) is 5.56 Å². The van der Waals surface area contributed by atoms with E-state index < -0.39 is 0 Å². The summed E-state index contributed by atoms with van der Waals surface area (Å²) in [5.74, 6) is 0.645.